The van der Waals surface area contributed by atoms with Gasteiger partial charge in [-0.15, -0.1) is 0 Å². The number of rotatable bonds is 8. The predicted octanol–water partition coefficient (Wildman–Crippen LogP) is 2.98. The number of benzene rings is 2. The predicted molar refractivity (Wildman–Crippen MR) is 105 cm³/mol. The van der Waals surface area contributed by atoms with Gasteiger partial charge in [0.15, 0.2) is 0 Å². The maximum absolute atomic E-state index is 13.1. The van der Waals surface area contributed by atoms with Gasteiger partial charge >= 0.3 is 0 Å². The maximum Gasteiger partial charge on any atom is 0.244 e. The van der Waals surface area contributed by atoms with Crippen LogP contribution in [-0.4, -0.2) is 20.4 Å². The minimum Gasteiger partial charge on any atom is -0.348 e. The van der Waals surface area contributed by atoms with Gasteiger partial charge in [-0.1, -0.05) is 36.4 Å². The quantitative estimate of drug-likeness (QED) is 0.681. The average molecular weight is 390 g/mol. The van der Waals surface area contributed by atoms with Crippen molar-refractivity contribution in [2.75, 3.05) is 0 Å². The van der Waals surface area contributed by atoms with Crippen molar-refractivity contribution in [3.05, 3.63) is 77.1 Å². The molecule has 2 rings (SSSR count). The van der Waals surface area contributed by atoms with Crippen LogP contribution in [0.15, 0.2) is 54.6 Å². The van der Waals surface area contributed by atoms with Crippen molar-refractivity contribution >= 4 is 22.0 Å². The molecule has 144 valence electrons. The molecule has 2 aromatic carbocycles. The van der Waals surface area contributed by atoms with Gasteiger partial charge in [0.25, 0.3) is 0 Å². The van der Waals surface area contributed by atoms with Crippen molar-refractivity contribution in [3.63, 3.8) is 0 Å². The fraction of sp³-hybridized carbons (Fsp3) is 0.250. The Morgan fingerprint density at radius 3 is 2.41 bits per heavy atom. The van der Waals surface area contributed by atoms with Crippen LogP contribution >= 0.6 is 0 Å². The van der Waals surface area contributed by atoms with E-state index in [0.29, 0.717) is 17.7 Å². The second-order valence-electron chi connectivity index (χ2n) is 6.45. The van der Waals surface area contributed by atoms with Crippen LogP contribution in [0.25, 0.3) is 6.08 Å². The molecular formula is C20H23FN2O3S. The molecule has 0 heterocycles. The smallest absolute Gasteiger partial charge is 0.244 e. The number of carbonyl (C=O) groups is 1. The van der Waals surface area contributed by atoms with Crippen molar-refractivity contribution in [2.24, 2.45) is 0 Å². The largest absolute Gasteiger partial charge is 0.348 e. The molecule has 7 heteroatoms. The van der Waals surface area contributed by atoms with Crippen molar-refractivity contribution in [2.45, 2.75) is 32.2 Å². The van der Waals surface area contributed by atoms with Crippen molar-refractivity contribution in [1.29, 1.82) is 0 Å². The number of amides is 1. The molecule has 0 fully saturated rings. The van der Waals surface area contributed by atoms with Gasteiger partial charge in [0.2, 0.25) is 15.9 Å². The van der Waals surface area contributed by atoms with Crippen LogP contribution in [-0.2, 0) is 27.1 Å². The highest BCUT2D eigenvalue weighted by Crippen LogP contribution is 2.09. The SMILES string of the molecule is CC(C)NS(=O)(=O)Cc1ccc(CNC(=O)/C=C/c2cccc(F)c2)cc1. The molecule has 0 unspecified atom stereocenters. The van der Waals surface area contributed by atoms with Gasteiger partial charge < -0.3 is 5.32 Å². The summed E-state index contributed by atoms with van der Waals surface area (Å²) in [6.07, 6.45) is 2.88. The zero-order valence-corrected chi connectivity index (χ0v) is 16.1. The standard InChI is InChI=1S/C20H23FN2O3S/c1-15(2)23-27(25,26)14-18-8-6-17(7-9-18)13-22-20(24)11-10-16-4-3-5-19(21)12-16/h3-12,15,23H,13-14H2,1-2H3,(H,22,24)/b11-10+. The molecule has 0 saturated heterocycles. The minimum absolute atomic E-state index is 0.0891. The highest BCUT2D eigenvalue weighted by molar-refractivity contribution is 7.88. The van der Waals surface area contributed by atoms with E-state index < -0.39 is 10.0 Å². The summed E-state index contributed by atoms with van der Waals surface area (Å²) in [6, 6.07) is 12.8. The van der Waals surface area contributed by atoms with Crippen LogP contribution < -0.4 is 10.0 Å². The molecule has 2 N–H and O–H groups in total. The molecule has 0 aliphatic heterocycles. The number of hydrogen-bond donors (Lipinski definition) is 2. The van der Waals surface area contributed by atoms with E-state index in [0.717, 1.165) is 5.56 Å². The van der Waals surface area contributed by atoms with E-state index in [2.05, 4.69) is 10.0 Å². The molecule has 0 atom stereocenters. The van der Waals surface area contributed by atoms with Crippen LogP contribution in [0.2, 0.25) is 0 Å². The minimum atomic E-state index is -3.36. The van der Waals surface area contributed by atoms with Crippen LogP contribution in [0.5, 0.6) is 0 Å². The molecule has 1 amide bonds. The van der Waals surface area contributed by atoms with E-state index in [-0.39, 0.29) is 23.5 Å². The Morgan fingerprint density at radius 1 is 1.11 bits per heavy atom. The van der Waals surface area contributed by atoms with Crippen molar-refractivity contribution in [1.82, 2.24) is 10.0 Å². The zero-order chi connectivity index (χ0) is 19.9. The van der Waals surface area contributed by atoms with Gasteiger partial charge in [-0.2, -0.15) is 0 Å². The summed E-state index contributed by atoms with van der Waals surface area (Å²) in [4.78, 5) is 11.9. The van der Waals surface area contributed by atoms with Crippen LogP contribution in [0.3, 0.4) is 0 Å². The molecule has 27 heavy (non-hydrogen) atoms. The first-order valence-corrected chi connectivity index (χ1v) is 10.2. The first kappa shape index (κ1) is 20.8. The Labute approximate surface area is 159 Å². The lowest BCUT2D eigenvalue weighted by molar-refractivity contribution is -0.116. The summed E-state index contributed by atoms with van der Waals surface area (Å²) in [7, 11) is -3.36. The highest BCUT2D eigenvalue weighted by atomic mass is 32.2. The summed E-state index contributed by atoms with van der Waals surface area (Å²) in [5.41, 5.74) is 2.12. The summed E-state index contributed by atoms with van der Waals surface area (Å²) in [6.45, 7) is 3.85. The van der Waals surface area contributed by atoms with Gasteiger partial charge in [-0.25, -0.2) is 17.5 Å². The number of sulfonamides is 1. The Balaban J connectivity index is 1.86. The van der Waals surface area contributed by atoms with E-state index in [1.807, 2.05) is 0 Å². The van der Waals surface area contributed by atoms with Crippen LogP contribution in [0, 0.1) is 5.82 Å². The number of hydrogen-bond acceptors (Lipinski definition) is 3. The normalized spacial score (nSPS) is 11.9. The highest BCUT2D eigenvalue weighted by Gasteiger charge is 2.12. The van der Waals surface area contributed by atoms with Crippen molar-refractivity contribution in [3.8, 4) is 0 Å². The lowest BCUT2D eigenvalue weighted by atomic mass is 10.1. The molecule has 0 spiro atoms. The maximum atomic E-state index is 13.1. The Kier molecular flexibility index (Phi) is 7.27. The third-order valence-electron chi connectivity index (χ3n) is 3.54. The molecule has 0 aromatic heterocycles. The summed E-state index contributed by atoms with van der Waals surface area (Å²) < 4.78 is 39.5. The second kappa shape index (κ2) is 9.43. The second-order valence-corrected chi connectivity index (χ2v) is 8.21. The number of nitrogens with one attached hydrogen (secondary N) is 2. The van der Waals surface area contributed by atoms with Gasteiger partial charge in [0.05, 0.1) is 5.75 Å². The Bertz CT molecular complexity index is 907. The molecule has 0 aliphatic carbocycles. The fourth-order valence-electron chi connectivity index (χ4n) is 2.40. The lowest BCUT2D eigenvalue weighted by Gasteiger charge is -2.10. The van der Waals surface area contributed by atoms with E-state index in [9.17, 15) is 17.6 Å². The molecule has 0 saturated carbocycles. The number of carbonyl (C=O) groups excluding carboxylic acids is 1. The van der Waals surface area contributed by atoms with Crippen molar-refractivity contribution < 1.29 is 17.6 Å². The Morgan fingerprint density at radius 2 is 1.78 bits per heavy atom. The van der Waals surface area contributed by atoms with Gasteiger partial charge in [-0.05, 0) is 48.7 Å². The summed E-state index contributed by atoms with van der Waals surface area (Å²) >= 11 is 0. The van der Waals surface area contributed by atoms with E-state index in [1.54, 1.807) is 50.2 Å². The van der Waals surface area contributed by atoms with Gasteiger partial charge in [-0.3, -0.25) is 4.79 Å². The average Bonchev–Trinajstić information content (AvgIpc) is 2.58. The van der Waals surface area contributed by atoms with Crippen LogP contribution in [0.1, 0.15) is 30.5 Å². The zero-order valence-electron chi connectivity index (χ0n) is 15.3. The first-order chi connectivity index (χ1) is 12.7. The van der Waals surface area contributed by atoms with E-state index in [4.69, 9.17) is 0 Å². The van der Waals surface area contributed by atoms with E-state index in [1.165, 1.54) is 24.3 Å². The monoisotopic (exact) mass is 390 g/mol. The van der Waals surface area contributed by atoms with Gasteiger partial charge in [0, 0.05) is 18.7 Å². The Hall–Kier alpha value is -2.51. The fourth-order valence-corrected chi connectivity index (χ4v) is 3.84. The molecule has 2 aromatic rings. The lowest BCUT2D eigenvalue weighted by Crippen LogP contribution is -2.31. The third-order valence-corrected chi connectivity index (χ3v) is 5.08. The van der Waals surface area contributed by atoms with Crippen LogP contribution in [0.4, 0.5) is 4.39 Å². The molecule has 0 bridgehead atoms. The topological polar surface area (TPSA) is 75.3 Å². The van der Waals surface area contributed by atoms with Gasteiger partial charge in [0.1, 0.15) is 5.82 Å². The summed E-state index contributed by atoms with van der Waals surface area (Å²) in [5.74, 6) is -0.746. The van der Waals surface area contributed by atoms with E-state index >= 15 is 0 Å². The third kappa shape index (κ3) is 7.72. The molecule has 0 radical (unpaired) electrons. The molecule has 5 nitrogen and oxygen atoms in total. The molecular weight excluding hydrogens is 367 g/mol. The number of halogens is 1. The molecule has 0 aliphatic rings. The first-order valence-electron chi connectivity index (χ1n) is 8.53. The summed E-state index contributed by atoms with van der Waals surface area (Å²) in [5, 5.41) is 2.73.